The van der Waals surface area contributed by atoms with Crippen LogP contribution in [0, 0.1) is 0 Å². The number of hydrogen-bond donors (Lipinski definition) is 3. The van der Waals surface area contributed by atoms with E-state index in [0.29, 0.717) is 62.4 Å². The quantitative estimate of drug-likeness (QED) is 0.516. The van der Waals surface area contributed by atoms with Crippen LogP contribution in [-0.4, -0.2) is 80.0 Å². The van der Waals surface area contributed by atoms with Gasteiger partial charge in [-0.25, -0.2) is 0 Å². The molecule has 0 aromatic heterocycles. The summed E-state index contributed by atoms with van der Waals surface area (Å²) in [6.45, 7) is 4.84. The molecule has 1 saturated heterocycles. The molecule has 0 saturated carbocycles. The average Bonchev–Trinajstić information content (AvgIpc) is 3.29. The first kappa shape index (κ1) is 24.2. The van der Waals surface area contributed by atoms with Gasteiger partial charge in [-0.05, 0) is 49.1 Å². The Hall–Kier alpha value is -2.94. The predicted molar refractivity (Wildman–Crippen MR) is 128 cm³/mol. The van der Waals surface area contributed by atoms with E-state index in [2.05, 4.69) is 22.8 Å². The number of benzene rings is 2. The van der Waals surface area contributed by atoms with Crippen molar-refractivity contribution in [3.63, 3.8) is 0 Å². The van der Waals surface area contributed by atoms with Gasteiger partial charge in [-0.3, -0.25) is 9.59 Å². The number of hydrogen-bond acceptors (Lipinski definition) is 6. The molecule has 1 aliphatic carbocycles. The summed E-state index contributed by atoms with van der Waals surface area (Å²) in [5.41, 5.74) is 3.51. The van der Waals surface area contributed by atoms with Crippen molar-refractivity contribution in [2.45, 2.75) is 31.9 Å². The Kier molecular flexibility index (Phi) is 8.16. The number of morpholine rings is 1. The van der Waals surface area contributed by atoms with Crippen LogP contribution in [-0.2, 0) is 17.6 Å². The topological polar surface area (TPSA) is 100 Å². The Labute approximate surface area is 200 Å². The highest BCUT2D eigenvalue weighted by molar-refractivity contribution is 6.00. The van der Waals surface area contributed by atoms with Crippen molar-refractivity contribution in [2.24, 2.45) is 0 Å². The standard InChI is InChI=1S/C26H33N3O5/c1-2-34-24-15-20(26(32)29-9-11-33-12-10-29)7-8-23(24)25(31)28-17-22(30)16-27-21-13-18-5-3-4-6-19(18)14-21/h3-8,15,21-22,27,30H,2,9-14,16-17H2,1H3,(H,28,31). The number of ether oxygens (including phenoxy) is 2. The van der Waals surface area contributed by atoms with Gasteiger partial charge < -0.3 is 30.1 Å². The Bertz CT molecular complexity index is 981. The highest BCUT2D eigenvalue weighted by Crippen LogP contribution is 2.23. The summed E-state index contributed by atoms with van der Waals surface area (Å²) in [5, 5.41) is 16.6. The Morgan fingerprint density at radius 3 is 2.50 bits per heavy atom. The summed E-state index contributed by atoms with van der Waals surface area (Å²) in [6.07, 6.45) is 1.18. The van der Waals surface area contributed by atoms with E-state index in [1.807, 2.05) is 19.1 Å². The molecule has 2 amide bonds. The molecule has 8 heteroatoms. The number of nitrogens with zero attached hydrogens (tertiary/aromatic N) is 1. The lowest BCUT2D eigenvalue weighted by atomic mass is 10.1. The minimum absolute atomic E-state index is 0.105. The van der Waals surface area contributed by atoms with Gasteiger partial charge in [-0.15, -0.1) is 0 Å². The number of amides is 2. The van der Waals surface area contributed by atoms with Crippen LogP contribution in [0.4, 0.5) is 0 Å². The average molecular weight is 468 g/mol. The van der Waals surface area contributed by atoms with Crippen molar-refractivity contribution in [1.29, 1.82) is 0 Å². The molecule has 2 aliphatic rings. The zero-order valence-corrected chi connectivity index (χ0v) is 19.6. The fourth-order valence-corrected chi connectivity index (χ4v) is 4.45. The van der Waals surface area contributed by atoms with Gasteiger partial charge in [0.25, 0.3) is 11.8 Å². The second kappa shape index (κ2) is 11.5. The number of carbonyl (C=O) groups excluding carboxylic acids is 2. The fraction of sp³-hybridized carbons (Fsp3) is 0.462. The monoisotopic (exact) mass is 467 g/mol. The van der Waals surface area contributed by atoms with Crippen LogP contribution in [0.25, 0.3) is 0 Å². The van der Waals surface area contributed by atoms with Gasteiger partial charge in [-0.2, -0.15) is 0 Å². The van der Waals surface area contributed by atoms with Gasteiger partial charge in [-0.1, -0.05) is 24.3 Å². The van der Waals surface area contributed by atoms with E-state index < -0.39 is 6.10 Å². The van der Waals surface area contributed by atoms with Crippen molar-refractivity contribution in [1.82, 2.24) is 15.5 Å². The molecule has 2 aromatic carbocycles. The highest BCUT2D eigenvalue weighted by Gasteiger charge is 2.23. The molecule has 8 nitrogen and oxygen atoms in total. The molecule has 0 bridgehead atoms. The third kappa shape index (κ3) is 5.94. The minimum atomic E-state index is -0.717. The van der Waals surface area contributed by atoms with Crippen LogP contribution in [0.5, 0.6) is 5.75 Å². The number of aliphatic hydroxyl groups is 1. The highest BCUT2D eigenvalue weighted by atomic mass is 16.5. The molecule has 0 spiro atoms. The molecular weight excluding hydrogens is 434 g/mol. The first-order chi connectivity index (χ1) is 16.5. The van der Waals surface area contributed by atoms with E-state index in [4.69, 9.17) is 9.47 Å². The van der Waals surface area contributed by atoms with Gasteiger partial charge in [0, 0.05) is 37.8 Å². The van der Waals surface area contributed by atoms with Crippen LogP contribution < -0.4 is 15.4 Å². The number of aliphatic hydroxyl groups excluding tert-OH is 1. The van der Waals surface area contributed by atoms with Crippen LogP contribution >= 0.6 is 0 Å². The summed E-state index contributed by atoms with van der Waals surface area (Å²) < 4.78 is 11.0. The fourth-order valence-electron chi connectivity index (χ4n) is 4.45. The number of rotatable bonds is 9. The van der Waals surface area contributed by atoms with Crippen LogP contribution in [0.1, 0.15) is 38.8 Å². The molecule has 2 aromatic rings. The van der Waals surface area contributed by atoms with Gasteiger partial charge in [0.15, 0.2) is 0 Å². The van der Waals surface area contributed by atoms with Gasteiger partial charge in [0.1, 0.15) is 5.75 Å². The normalized spacial score (nSPS) is 16.7. The predicted octanol–water partition coefficient (Wildman–Crippen LogP) is 1.41. The van der Waals surface area contributed by atoms with E-state index in [0.717, 1.165) is 12.8 Å². The van der Waals surface area contributed by atoms with Gasteiger partial charge >= 0.3 is 0 Å². The number of nitrogens with one attached hydrogen (secondary N) is 2. The molecule has 1 unspecified atom stereocenters. The van der Waals surface area contributed by atoms with E-state index in [9.17, 15) is 14.7 Å². The number of fused-ring (bicyclic) bond motifs is 1. The molecule has 1 aliphatic heterocycles. The summed E-state index contributed by atoms with van der Waals surface area (Å²) in [5.74, 6) is -0.0941. The molecule has 4 rings (SSSR count). The lowest BCUT2D eigenvalue weighted by molar-refractivity contribution is 0.0302. The first-order valence-electron chi connectivity index (χ1n) is 12.0. The maximum absolute atomic E-state index is 12.8. The first-order valence-corrected chi connectivity index (χ1v) is 12.0. The van der Waals surface area contributed by atoms with Gasteiger partial charge in [0.05, 0.1) is 31.5 Å². The van der Waals surface area contributed by atoms with Crippen molar-refractivity contribution in [3.8, 4) is 5.75 Å². The van der Waals surface area contributed by atoms with Crippen LogP contribution in [0.3, 0.4) is 0 Å². The van der Waals surface area contributed by atoms with E-state index in [1.54, 1.807) is 23.1 Å². The Balaban J connectivity index is 1.29. The zero-order chi connectivity index (χ0) is 23.9. The molecule has 34 heavy (non-hydrogen) atoms. The summed E-state index contributed by atoms with van der Waals surface area (Å²) in [4.78, 5) is 27.3. The smallest absolute Gasteiger partial charge is 0.255 e. The van der Waals surface area contributed by atoms with Crippen molar-refractivity contribution < 1.29 is 24.2 Å². The summed E-state index contributed by atoms with van der Waals surface area (Å²) >= 11 is 0. The second-order valence-electron chi connectivity index (χ2n) is 8.69. The second-order valence-corrected chi connectivity index (χ2v) is 8.69. The third-order valence-corrected chi connectivity index (χ3v) is 6.26. The maximum Gasteiger partial charge on any atom is 0.255 e. The van der Waals surface area contributed by atoms with Crippen molar-refractivity contribution in [2.75, 3.05) is 46.0 Å². The molecule has 3 N–H and O–H groups in total. The summed E-state index contributed by atoms with van der Waals surface area (Å²) in [7, 11) is 0. The van der Waals surface area contributed by atoms with Crippen molar-refractivity contribution in [3.05, 3.63) is 64.7 Å². The van der Waals surface area contributed by atoms with Crippen LogP contribution in [0.15, 0.2) is 42.5 Å². The third-order valence-electron chi connectivity index (χ3n) is 6.26. The Morgan fingerprint density at radius 2 is 1.82 bits per heavy atom. The molecule has 0 radical (unpaired) electrons. The molecule has 1 atom stereocenters. The van der Waals surface area contributed by atoms with E-state index >= 15 is 0 Å². The van der Waals surface area contributed by atoms with E-state index in [-0.39, 0.29) is 18.4 Å². The zero-order valence-electron chi connectivity index (χ0n) is 19.6. The molecule has 182 valence electrons. The SMILES string of the molecule is CCOc1cc(C(=O)N2CCOCC2)ccc1C(=O)NCC(O)CNC1Cc2ccccc2C1. The molecule has 1 fully saturated rings. The number of carbonyl (C=O) groups is 2. The molecular formula is C26H33N3O5. The van der Waals surface area contributed by atoms with E-state index in [1.165, 1.54) is 11.1 Å². The minimum Gasteiger partial charge on any atom is -0.493 e. The van der Waals surface area contributed by atoms with Crippen molar-refractivity contribution >= 4 is 11.8 Å². The maximum atomic E-state index is 12.8. The van der Waals surface area contributed by atoms with Crippen LogP contribution in [0.2, 0.25) is 0 Å². The lowest BCUT2D eigenvalue weighted by Gasteiger charge is -2.27. The largest absolute Gasteiger partial charge is 0.493 e. The van der Waals surface area contributed by atoms with Gasteiger partial charge in [0.2, 0.25) is 0 Å². The Morgan fingerprint density at radius 1 is 1.12 bits per heavy atom. The molecule has 1 heterocycles. The lowest BCUT2D eigenvalue weighted by Crippen LogP contribution is -2.42. The summed E-state index contributed by atoms with van der Waals surface area (Å²) in [6, 6.07) is 13.5.